The Hall–Kier alpha value is -1.16. The summed E-state index contributed by atoms with van der Waals surface area (Å²) in [7, 11) is 4.10. The van der Waals surface area contributed by atoms with Gasteiger partial charge in [0.15, 0.2) is 5.82 Å². The van der Waals surface area contributed by atoms with Gasteiger partial charge in [-0.05, 0) is 13.5 Å². The highest BCUT2D eigenvalue weighted by Gasteiger charge is 2.15. The summed E-state index contributed by atoms with van der Waals surface area (Å²) in [5, 5.41) is 4.45. The van der Waals surface area contributed by atoms with Crippen LogP contribution >= 0.6 is 0 Å². The van der Waals surface area contributed by atoms with Crippen LogP contribution in [0, 0.1) is 0 Å². The van der Waals surface area contributed by atoms with Crippen LogP contribution < -0.4 is 0 Å². The quantitative estimate of drug-likeness (QED) is 0.726. The molecule has 0 N–H and O–H groups in total. The van der Waals surface area contributed by atoms with Crippen LogP contribution in [0.3, 0.4) is 0 Å². The summed E-state index contributed by atoms with van der Waals surface area (Å²) < 4.78 is 1.88. The molecule has 0 unspecified atom stereocenters. The fraction of sp³-hybridized carbons (Fsp3) is 0.636. The van der Waals surface area contributed by atoms with E-state index in [9.17, 15) is 0 Å². The zero-order valence-electron chi connectivity index (χ0n) is 9.69. The second kappa shape index (κ2) is 4.14. The summed E-state index contributed by atoms with van der Waals surface area (Å²) in [6, 6.07) is 0. The molecule has 0 amide bonds. The van der Waals surface area contributed by atoms with Crippen molar-refractivity contribution in [2.75, 3.05) is 20.1 Å². The van der Waals surface area contributed by atoms with E-state index in [-0.39, 0.29) is 0 Å². The van der Waals surface area contributed by atoms with E-state index in [1.54, 1.807) is 0 Å². The molecule has 82 valence electrons. The first-order valence-corrected chi connectivity index (χ1v) is 5.48. The lowest BCUT2D eigenvalue weighted by Crippen LogP contribution is -2.25. The van der Waals surface area contributed by atoms with Crippen molar-refractivity contribution in [1.82, 2.24) is 19.7 Å². The van der Waals surface area contributed by atoms with Gasteiger partial charge in [-0.15, -0.1) is 0 Å². The molecular formula is C11H18N4. The van der Waals surface area contributed by atoms with E-state index in [1.165, 1.54) is 5.57 Å². The summed E-state index contributed by atoms with van der Waals surface area (Å²) in [6.07, 6.45) is 4.30. The maximum atomic E-state index is 4.54. The molecule has 0 aromatic carbocycles. The average Bonchev–Trinajstić information content (AvgIpc) is 2.60. The Balaban J connectivity index is 2.25. The van der Waals surface area contributed by atoms with Gasteiger partial charge in [0.25, 0.3) is 0 Å². The Morgan fingerprint density at radius 1 is 1.40 bits per heavy atom. The molecule has 0 fully saturated rings. The molecule has 15 heavy (non-hydrogen) atoms. The number of aryl methyl sites for hydroxylation is 2. The summed E-state index contributed by atoms with van der Waals surface area (Å²) >= 11 is 0. The Bertz CT molecular complexity index is 378. The minimum Gasteiger partial charge on any atom is -0.302 e. The second-order valence-corrected chi connectivity index (χ2v) is 4.08. The topological polar surface area (TPSA) is 34.0 Å². The van der Waals surface area contributed by atoms with Crippen LogP contribution in [-0.4, -0.2) is 39.8 Å². The molecule has 4 heteroatoms. The molecule has 2 heterocycles. The molecular weight excluding hydrogens is 188 g/mol. The van der Waals surface area contributed by atoms with Gasteiger partial charge in [-0.3, -0.25) is 4.68 Å². The molecule has 0 bridgehead atoms. The van der Waals surface area contributed by atoms with Crippen LogP contribution in [-0.2, 0) is 13.5 Å². The largest absolute Gasteiger partial charge is 0.302 e. The van der Waals surface area contributed by atoms with Crippen molar-refractivity contribution >= 4 is 5.57 Å². The molecule has 1 aromatic heterocycles. The molecule has 0 radical (unpaired) electrons. The third-order valence-electron chi connectivity index (χ3n) is 2.80. The zero-order chi connectivity index (χ0) is 10.8. The highest BCUT2D eigenvalue weighted by Crippen LogP contribution is 2.16. The van der Waals surface area contributed by atoms with E-state index < -0.39 is 0 Å². The fourth-order valence-electron chi connectivity index (χ4n) is 1.92. The maximum absolute atomic E-state index is 4.54. The minimum atomic E-state index is 0.904. The maximum Gasteiger partial charge on any atom is 0.178 e. The molecule has 1 aromatic rings. The van der Waals surface area contributed by atoms with Crippen molar-refractivity contribution in [2.24, 2.45) is 7.05 Å². The van der Waals surface area contributed by atoms with E-state index >= 15 is 0 Å². The number of likely N-dealkylation sites (N-methyl/N-ethyl adjacent to an activating group) is 1. The van der Waals surface area contributed by atoms with Gasteiger partial charge in [0.1, 0.15) is 5.82 Å². The minimum absolute atomic E-state index is 0.904. The molecule has 2 rings (SSSR count). The number of nitrogens with zero attached hydrogens (tertiary/aromatic N) is 4. The third kappa shape index (κ3) is 2.09. The molecule has 1 aliphatic heterocycles. The Labute approximate surface area is 90.6 Å². The van der Waals surface area contributed by atoms with Crippen molar-refractivity contribution in [1.29, 1.82) is 0 Å². The Morgan fingerprint density at radius 2 is 2.20 bits per heavy atom. The van der Waals surface area contributed by atoms with Gasteiger partial charge < -0.3 is 4.90 Å². The van der Waals surface area contributed by atoms with Crippen LogP contribution in [0.1, 0.15) is 25.0 Å². The van der Waals surface area contributed by atoms with Gasteiger partial charge in [0.05, 0.1) is 0 Å². The molecule has 0 aliphatic carbocycles. The fourth-order valence-corrected chi connectivity index (χ4v) is 1.92. The van der Waals surface area contributed by atoms with Gasteiger partial charge in [-0.25, -0.2) is 4.98 Å². The van der Waals surface area contributed by atoms with E-state index in [4.69, 9.17) is 0 Å². The predicted octanol–water partition coefficient (Wildman–Crippen LogP) is 1.10. The number of rotatable bonds is 2. The Kier molecular flexibility index (Phi) is 2.86. The van der Waals surface area contributed by atoms with Crippen LogP contribution in [0.2, 0.25) is 0 Å². The lowest BCUT2D eigenvalue weighted by atomic mass is 10.1. The second-order valence-electron chi connectivity index (χ2n) is 4.08. The smallest absolute Gasteiger partial charge is 0.178 e. The first kappa shape index (κ1) is 10.4. The molecule has 0 spiro atoms. The molecule has 0 saturated heterocycles. The average molecular weight is 206 g/mol. The lowest BCUT2D eigenvalue weighted by molar-refractivity contribution is 0.372. The van der Waals surface area contributed by atoms with Crippen molar-refractivity contribution in [2.45, 2.75) is 19.8 Å². The van der Waals surface area contributed by atoms with E-state index in [0.717, 1.165) is 37.6 Å². The summed E-state index contributed by atoms with van der Waals surface area (Å²) in [6.45, 7) is 4.21. The number of aromatic nitrogens is 3. The first-order valence-electron chi connectivity index (χ1n) is 5.48. The van der Waals surface area contributed by atoms with Crippen molar-refractivity contribution in [3.63, 3.8) is 0 Å². The van der Waals surface area contributed by atoms with Crippen molar-refractivity contribution in [3.8, 4) is 0 Å². The van der Waals surface area contributed by atoms with Crippen molar-refractivity contribution in [3.05, 3.63) is 17.7 Å². The highest BCUT2D eigenvalue weighted by molar-refractivity contribution is 5.61. The van der Waals surface area contributed by atoms with Gasteiger partial charge in [0.2, 0.25) is 0 Å². The molecule has 4 nitrogen and oxygen atoms in total. The molecule has 0 saturated carbocycles. The first-order chi connectivity index (χ1) is 7.20. The number of hydrogen-bond donors (Lipinski definition) is 0. The van der Waals surface area contributed by atoms with Gasteiger partial charge in [-0.2, -0.15) is 5.10 Å². The van der Waals surface area contributed by atoms with Crippen LogP contribution in [0.15, 0.2) is 6.08 Å². The Morgan fingerprint density at radius 3 is 2.80 bits per heavy atom. The zero-order valence-corrected chi connectivity index (χ0v) is 9.69. The van der Waals surface area contributed by atoms with Crippen LogP contribution in [0.5, 0.6) is 0 Å². The third-order valence-corrected chi connectivity index (χ3v) is 2.80. The normalized spacial score (nSPS) is 17.9. The standard InChI is InChI=1S/C11H18N4/c1-4-10-12-11(13-15(10)3)9-6-5-7-14(2)8-9/h6H,4-5,7-8H2,1-3H3. The van der Waals surface area contributed by atoms with Gasteiger partial charge in [-0.1, -0.05) is 13.0 Å². The summed E-state index contributed by atoms with van der Waals surface area (Å²) in [4.78, 5) is 6.85. The summed E-state index contributed by atoms with van der Waals surface area (Å²) in [5.74, 6) is 1.96. The van der Waals surface area contributed by atoms with E-state index in [0.29, 0.717) is 0 Å². The van der Waals surface area contributed by atoms with Gasteiger partial charge >= 0.3 is 0 Å². The van der Waals surface area contributed by atoms with Crippen molar-refractivity contribution < 1.29 is 0 Å². The van der Waals surface area contributed by atoms with Gasteiger partial charge in [0, 0.05) is 32.1 Å². The molecule has 1 aliphatic rings. The predicted molar refractivity (Wildman–Crippen MR) is 60.5 cm³/mol. The SMILES string of the molecule is CCc1nc(C2=CCCN(C)C2)nn1C. The number of hydrogen-bond acceptors (Lipinski definition) is 3. The monoisotopic (exact) mass is 206 g/mol. The lowest BCUT2D eigenvalue weighted by Gasteiger charge is -2.21. The van der Waals surface area contributed by atoms with E-state index in [1.807, 2.05) is 11.7 Å². The van der Waals surface area contributed by atoms with Crippen LogP contribution in [0.25, 0.3) is 5.57 Å². The highest BCUT2D eigenvalue weighted by atomic mass is 15.3. The van der Waals surface area contributed by atoms with Crippen LogP contribution in [0.4, 0.5) is 0 Å². The molecule has 0 atom stereocenters. The summed E-state index contributed by atoms with van der Waals surface area (Å²) in [5.41, 5.74) is 1.26. The van der Waals surface area contributed by atoms with E-state index in [2.05, 4.69) is 35.0 Å².